The van der Waals surface area contributed by atoms with Gasteiger partial charge in [0.1, 0.15) is 5.78 Å². The van der Waals surface area contributed by atoms with Crippen LogP contribution >= 0.6 is 0 Å². The highest BCUT2D eigenvalue weighted by molar-refractivity contribution is 5.86. The Morgan fingerprint density at radius 2 is 1.35 bits per heavy atom. The van der Waals surface area contributed by atoms with Gasteiger partial charge in [-0.2, -0.15) is 0 Å². The second-order valence-corrected chi connectivity index (χ2v) is 6.45. The molecule has 2 heteroatoms. The lowest BCUT2D eigenvalue weighted by atomic mass is 9.51. The topological polar surface area (TPSA) is 37.3 Å². The summed E-state index contributed by atoms with van der Waals surface area (Å²) in [6, 6.07) is 0. The maximum absolute atomic E-state index is 12.5. The number of hydrogen-bond acceptors (Lipinski definition) is 2. The first-order chi connectivity index (χ1) is 9.66. The van der Waals surface area contributed by atoms with Gasteiger partial charge in [-0.1, -0.05) is 0 Å². The Labute approximate surface area is 122 Å². The molecule has 0 saturated heterocycles. The molecule has 0 aromatic carbocycles. The second-order valence-electron chi connectivity index (χ2n) is 6.45. The quantitative estimate of drug-likeness (QED) is 0.831. The predicted molar refractivity (Wildman–Crippen MR) is 75.2 cm³/mol. The Morgan fingerprint density at radius 3 is 1.75 bits per heavy atom. The molecule has 2 nitrogen and oxygen atoms in total. The average Bonchev–Trinajstić information content (AvgIpc) is 3.11. The molecule has 102 valence electrons. The van der Waals surface area contributed by atoms with E-state index in [1.165, 1.54) is 11.8 Å². The first-order valence-corrected chi connectivity index (χ1v) is 7.35. The molecular weight excluding hydrogens is 248 g/mol. The molecule has 5 aliphatic carbocycles. The van der Waals surface area contributed by atoms with Gasteiger partial charge in [0.05, 0.1) is 5.60 Å². The van der Waals surface area contributed by atoms with Gasteiger partial charge in [0.15, 0.2) is 0 Å². The van der Waals surface area contributed by atoms with E-state index in [0.717, 1.165) is 12.8 Å². The molecule has 1 N–H and O–H groups in total. The molecule has 0 spiro atoms. The van der Waals surface area contributed by atoms with Crippen LogP contribution in [0.5, 0.6) is 0 Å². The smallest absolute Gasteiger partial charge is 0.139 e. The molecular formula is C18H18O2. The summed E-state index contributed by atoms with van der Waals surface area (Å²) in [5, 5.41) is 10.8. The van der Waals surface area contributed by atoms with Gasteiger partial charge in [0.25, 0.3) is 0 Å². The zero-order chi connectivity index (χ0) is 13.7. The monoisotopic (exact) mass is 266 g/mol. The molecule has 5 rings (SSSR count). The molecule has 5 saturated carbocycles. The van der Waals surface area contributed by atoms with E-state index in [-0.39, 0.29) is 23.5 Å². The maximum Gasteiger partial charge on any atom is 0.139 e. The highest BCUT2D eigenvalue weighted by Crippen LogP contribution is 2.57. The number of carbonyl (C=O) groups excluding carboxylic acids is 1. The van der Waals surface area contributed by atoms with E-state index in [1.54, 1.807) is 0 Å². The highest BCUT2D eigenvalue weighted by Gasteiger charge is 2.58. The van der Waals surface area contributed by atoms with Crippen molar-refractivity contribution in [2.45, 2.75) is 24.9 Å². The number of aliphatic hydroxyl groups is 1. The van der Waals surface area contributed by atoms with Gasteiger partial charge in [0, 0.05) is 12.3 Å². The van der Waals surface area contributed by atoms with Gasteiger partial charge in [0.2, 0.25) is 0 Å². The van der Waals surface area contributed by atoms with Crippen LogP contribution in [0.3, 0.4) is 0 Å². The van der Waals surface area contributed by atoms with E-state index in [1.807, 2.05) is 25.7 Å². The average molecular weight is 266 g/mol. The van der Waals surface area contributed by atoms with Crippen molar-refractivity contribution in [2.24, 2.45) is 17.8 Å². The molecule has 2 bridgehead atoms. The van der Waals surface area contributed by atoms with Crippen molar-refractivity contribution in [3.8, 4) is 0 Å². The first-order valence-electron chi connectivity index (χ1n) is 7.35. The number of carbonyl (C=O) groups is 1. The fourth-order valence-electron chi connectivity index (χ4n) is 4.39. The van der Waals surface area contributed by atoms with Crippen molar-refractivity contribution in [3.63, 3.8) is 0 Å². The van der Waals surface area contributed by atoms with Crippen LogP contribution in [-0.2, 0) is 4.79 Å². The van der Waals surface area contributed by atoms with Crippen LogP contribution in [-0.4, -0.2) is 16.5 Å². The van der Waals surface area contributed by atoms with Gasteiger partial charge in [-0.15, -0.1) is 0 Å². The Kier molecular flexibility index (Phi) is 3.21. The molecule has 0 amide bonds. The van der Waals surface area contributed by atoms with Gasteiger partial charge in [-0.05, 0) is 87.9 Å². The Hall–Kier alpha value is -0.370. The van der Waals surface area contributed by atoms with Crippen molar-refractivity contribution in [2.75, 3.05) is 0 Å². The van der Waals surface area contributed by atoms with Crippen LogP contribution in [0.4, 0.5) is 0 Å². The van der Waals surface area contributed by atoms with Crippen LogP contribution in [0.2, 0.25) is 0 Å². The zero-order valence-corrected chi connectivity index (χ0v) is 11.3. The van der Waals surface area contributed by atoms with Crippen LogP contribution in [0.15, 0.2) is 0 Å². The fourth-order valence-corrected chi connectivity index (χ4v) is 4.39. The van der Waals surface area contributed by atoms with E-state index in [4.69, 9.17) is 0 Å². The molecule has 10 radical (unpaired) electrons. The zero-order valence-electron chi connectivity index (χ0n) is 11.3. The predicted octanol–water partition coefficient (Wildman–Crippen LogP) is 2.14. The van der Waals surface area contributed by atoms with Crippen molar-refractivity contribution < 1.29 is 9.90 Å². The minimum Gasteiger partial charge on any atom is -0.389 e. The van der Waals surface area contributed by atoms with Gasteiger partial charge in [-0.25, -0.2) is 0 Å². The first kappa shape index (κ1) is 13.3. The lowest BCUT2D eigenvalue weighted by molar-refractivity contribution is -0.153. The molecule has 5 fully saturated rings. The van der Waals surface area contributed by atoms with Crippen molar-refractivity contribution >= 4 is 5.78 Å². The molecule has 4 atom stereocenters. The summed E-state index contributed by atoms with van der Waals surface area (Å²) in [5.74, 6) is 3.03. The minimum atomic E-state index is -0.810. The second kappa shape index (κ2) is 4.83. The molecule has 0 aromatic heterocycles. The lowest BCUT2D eigenvalue weighted by Gasteiger charge is -2.54. The minimum absolute atomic E-state index is 0.0359. The Bertz CT molecular complexity index is 364. The van der Waals surface area contributed by atoms with Crippen LogP contribution in [0, 0.1) is 81.0 Å². The molecule has 20 heavy (non-hydrogen) atoms. The van der Waals surface area contributed by atoms with Crippen LogP contribution in [0.1, 0.15) is 19.3 Å². The van der Waals surface area contributed by atoms with Gasteiger partial charge >= 0.3 is 0 Å². The molecule has 5 aliphatic rings. The molecule has 0 aliphatic heterocycles. The number of ketones is 1. The summed E-state index contributed by atoms with van der Waals surface area (Å²) in [7, 11) is 0. The largest absolute Gasteiger partial charge is 0.389 e. The van der Waals surface area contributed by atoms with Crippen LogP contribution in [0.25, 0.3) is 0 Å². The van der Waals surface area contributed by atoms with Gasteiger partial charge in [-0.3, -0.25) is 4.79 Å². The van der Waals surface area contributed by atoms with E-state index in [9.17, 15) is 9.90 Å². The summed E-state index contributed by atoms with van der Waals surface area (Å²) in [6.45, 7) is 0. The summed E-state index contributed by atoms with van der Waals surface area (Å²) in [5.41, 5.74) is -0.810. The fraction of sp³-hybridized carbons (Fsp3) is 0.389. The number of Topliss-reactive ketones (excluding diaryl/α,β-unsaturated/α-hetero) is 1. The van der Waals surface area contributed by atoms with E-state index >= 15 is 0 Å². The summed E-state index contributed by atoms with van der Waals surface area (Å²) in [4.78, 5) is 12.5. The Morgan fingerprint density at radius 1 is 0.900 bits per heavy atom. The van der Waals surface area contributed by atoms with Crippen molar-refractivity contribution in [1.29, 1.82) is 0 Å². The molecule has 0 aromatic rings. The molecule has 0 heterocycles. The van der Waals surface area contributed by atoms with E-state index in [2.05, 4.69) is 25.7 Å². The summed E-state index contributed by atoms with van der Waals surface area (Å²) < 4.78 is 0. The van der Waals surface area contributed by atoms with E-state index < -0.39 is 5.60 Å². The summed E-state index contributed by atoms with van der Waals surface area (Å²) >= 11 is 0. The third-order valence-electron chi connectivity index (χ3n) is 5.18. The van der Waals surface area contributed by atoms with Crippen LogP contribution < -0.4 is 0 Å². The van der Waals surface area contributed by atoms with Gasteiger partial charge < -0.3 is 5.11 Å². The lowest BCUT2D eigenvalue weighted by Crippen LogP contribution is -2.57. The highest BCUT2D eigenvalue weighted by atomic mass is 16.3. The third kappa shape index (κ3) is 2.06. The standard InChI is InChI=1S/C18H18O2/c19-16-11-18(20)9-14(12-5-1-2-6-12)17(16)15(10-18)13-7-3-4-8-13/h1-8,14-15,17,20H,9-11H2/t14-,15+,17?,18?. The molecule has 2 unspecified atom stereocenters. The normalized spacial score (nSPS) is 46.5. The maximum atomic E-state index is 12.5. The number of hydrogen-bond donors (Lipinski definition) is 1. The number of rotatable bonds is 2. The SMILES string of the molecule is O=C1CC2(O)C[C@H]([C]3[CH][CH][CH][CH]3)C1[C@H]([C]1[CH][CH][CH][CH]1)C2. The van der Waals surface area contributed by atoms with E-state index in [0.29, 0.717) is 6.42 Å². The van der Waals surface area contributed by atoms with Crippen molar-refractivity contribution in [1.82, 2.24) is 0 Å². The Balaban J connectivity index is 1.62. The number of fused-ring (bicyclic) bond motifs is 3. The van der Waals surface area contributed by atoms with Crippen molar-refractivity contribution in [3.05, 3.63) is 63.2 Å². The third-order valence-corrected chi connectivity index (χ3v) is 5.18. The summed E-state index contributed by atoms with van der Waals surface area (Å²) in [6.07, 6.45) is 18.2.